The van der Waals surface area contributed by atoms with Crippen molar-refractivity contribution in [2.24, 2.45) is 0 Å². The number of amides is 1. The summed E-state index contributed by atoms with van der Waals surface area (Å²) in [6.07, 6.45) is 1.31. The monoisotopic (exact) mass is 280 g/mol. The highest BCUT2D eigenvalue weighted by molar-refractivity contribution is 7.85. The van der Waals surface area contributed by atoms with E-state index in [0.29, 0.717) is 24.5 Å². The highest BCUT2D eigenvalue weighted by Crippen LogP contribution is 1.88. The second kappa shape index (κ2) is 21.8. The predicted molar refractivity (Wildman–Crippen MR) is 82.4 cm³/mol. The molecule has 112 valence electrons. The molecule has 0 aliphatic heterocycles. The molecule has 0 heterocycles. The van der Waals surface area contributed by atoms with Crippen LogP contribution in [0, 0.1) is 0 Å². The first-order valence-electron chi connectivity index (χ1n) is 6.97. The van der Waals surface area contributed by atoms with Crippen molar-refractivity contribution in [2.75, 3.05) is 31.6 Å². The number of rotatable bonds is 8. The van der Waals surface area contributed by atoms with Crippen molar-refractivity contribution in [3.8, 4) is 0 Å². The molecular formula is C13H32N2O2S. The maximum atomic E-state index is 11.3. The average Bonchev–Trinajstić information content (AvgIpc) is 2.44. The molecule has 0 rings (SSSR count). The zero-order valence-electron chi connectivity index (χ0n) is 13.0. The van der Waals surface area contributed by atoms with Crippen LogP contribution < -0.4 is 10.6 Å². The minimum atomic E-state index is -0.869. The van der Waals surface area contributed by atoms with Crippen LogP contribution >= 0.6 is 0 Å². The molecule has 0 aliphatic rings. The van der Waals surface area contributed by atoms with Crippen LogP contribution in [0.2, 0.25) is 0 Å². The lowest BCUT2D eigenvalue weighted by atomic mass is 10.4. The quantitative estimate of drug-likeness (QED) is 0.714. The molecular weight excluding hydrogens is 248 g/mol. The van der Waals surface area contributed by atoms with Gasteiger partial charge in [-0.15, -0.1) is 0 Å². The Morgan fingerprint density at radius 1 is 1.06 bits per heavy atom. The van der Waals surface area contributed by atoms with Crippen LogP contribution in [0.3, 0.4) is 0 Å². The molecule has 0 aromatic rings. The Hall–Kier alpha value is -0.420. The van der Waals surface area contributed by atoms with Gasteiger partial charge in [0.05, 0.1) is 0 Å². The van der Waals surface area contributed by atoms with Crippen LogP contribution in [0.1, 0.15) is 47.5 Å². The first-order valence-corrected chi connectivity index (χ1v) is 8.45. The maximum Gasteiger partial charge on any atom is 0.220 e. The Balaban J connectivity index is -0.000000506. The van der Waals surface area contributed by atoms with E-state index in [1.54, 1.807) is 0 Å². The van der Waals surface area contributed by atoms with Gasteiger partial charge in [-0.25, -0.2) is 0 Å². The van der Waals surface area contributed by atoms with E-state index >= 15 is 0 Å². The Morgan fingerprint density at radius 3 is 2.06 bits per heavy atom. The van der Waals surface area contributed by atoms with E-state index in [1.807, 2.05) is 41.7 Å². The van der Waals surface area contributed by atoms with Gasteiger partial charge in [-0.2, -0.15) is 0 Å². The molecule has 0 saturated carbocycles. The molecule has 0 spiro atoms. The Kier molecular flexibility index (Phi) is 27.6. The molecule has 0 aliphatic carbocycles. The summed E-state index contributed by atoms with van der Waals surface area (Å²) < 4.78 is 11.3. The number of hydrogen-bond acceptors (Lipinski definition) is 3. The van der Waals surface area contributed by atoms with Crippen LogP contribution in [-0.2, 0) is 15.6 Å². The summed E-state index contributed by atoms with van der Waals surface area (Å²) in [5, 5.41) is 5.68. The van der Waals surface area contributed by atoms with Crippen molar-refractivity contribution in [1.82, 2.24) is 10.6 Å². The van der Waals surface area contributed by atoms with E-state index in [-0.39, 0.29) is 5.91 Å². The third kappa shape index (κ3) is 20.9. The summed E-state index contributed by atoms with van der Waals surface area (Å²) in [4.78, 5) is 11.1. The van der Waals surface area contributed by atoms with Crippen LogP contribution in [0.5, 0.6) is 0 Å². The largest absolute Gasteiger partial charge is 0.356 e. The molecule has 0 radical (unpaired) electrons. The first kappa shape index (κ1) is 22.7. The summed E-state index contributed by atoms with van der Waals surface area (Å²) in [6, 6.07) is 0. The van der Waals surface area contributed by atoms with Gasteiger partial charge in [-0.1, -0.05) is 34.6 Å². The zero-order valence-corrected chi connectivity index (χ0v) is 13.8. The molecule has 2 N–H and O–H groups in total. The van der Waals surface area contributed by atoms with Gasteiger partial charge in [0, 0.05) is 41.8 Å². The molecule has 4 nitrogen and oxygen atoms in total. The van der Waals surface area contributed by atoms with E-state index in [4.69, 9.17) is 0 Å². The summed E-state index contributed by atoms with van der Waals surface area (Å²) >= 11 is 0. The lowest BCUT2D eigenvalue weighted by Gasteiger charge is -2.03. The van der Waals surface area contributed by atoms with E-state index in [0.717, 1.165) is 13.0 Å². The fourth-order valence-corrected chi connectivity index (χ4v) is 1.93. The molecule has 0 aromatic heterocycles. The van der Waals surface area contributed by atoms with E-state index in [2.05, 4.69) is 10.6 Å². The number of carbonyl (C=O) groups excluding carboxylic acids is 1. The van der Waals surface area contributed by atoms with Crippen molar-refractivity contribution >= 4 is 16.7 Å². The SMILES string of the molecule is CC.CC.CCCNC(=O)CCS(=O)CCNC. The number of carbonyl (C=O) groups is 1. The van der Waals surface area contributed by atoms with E-state index in [1.165, 1.54) is 0 Å². The lowest BCUT2D eigenvalue weighted by molar-refractivity contribution is -0.120. The van der Waals surface area contributed by atoms with Crippen molar-refractivity contribution in [2.45, 2.75) is 47.5 Å². The molecule has 1 amide bonds. The van der Waals surface area contributed by atoms with Gasteiger partial charge < -0.3 is 10.6 Å². The van der Waals surface area contributed by atoms with Crippen LogP contribution in [0.4, 0.5) is 0 Å². The summed E-state index contributed by atoms with van der Waals surface area (Å²) in [7, 11) is 0.955. The molecule has 0 saturated heterocycles. The molecule has 0 bridgehead atoms. The second-order valence-electron chi connectivity index (χ2n) is 3.05. The van der Waals surface area contributed by atoms with Crippen molar-refractivity contribution < 1.29 is 9.00 Å². The Labute approximate surface area is 116 Å². The van der Waals surface area contributed by atoms with Gasteiger partial charge in [0.15, 0.2) is 0 Å². The summed E-state index contributed by atoms with van der Waals surface area (Å²) in [5.74, 6) is 1.10. The normalized spacial score (nSPS) is 10.3. The topological polar surface area (TPSA) is 58.2 Å². The van der Waals surface area contributed by atoms with E-state index < -0.39 is 10.8 Å². The highest BCUT2D eigenvalue weighted by atomic mass is 32.2. The van der Waals surface area contributed by atoms with Crippen molar-refractivity contribution in [3.05, 3.63) is 0 Å². The number of nitrogens with one attached hydrogen (secondary N) is 2. The smallest absolute Gasteiger partial charge is 0.220 e. The van der Waals surface area contributed by atoms with Crippen LogP contribution in [-0.4, -0.2) is 41.8 Å². The van der Waals surface area contributed by atoms with E-state index in [9.17, 15) is 9.00 Å². The van der Waals surface area contributed by atoms with Gasteiger partial charge in [0.25, 0.3) is 0 Å². The lowest BCUT2D eigenvalue weighted by Crippen LogP contribution is -2.26. The third-order valence-corrected chi connectivity index (χ3v) is 3.03. The van der Waals surface area contributed by atoms with Gasteiger partial charge >= 0.3 is 0 Å². The average molecular weight is 280 g/mol. The van der Waals surface area contributed by atoms with Gasteiger partial charge in [0.1, 0.15) is 0 Å². The highest BCUT2D eigenvalue weighted by Gasteiger charge is 2.04. The fourth-order valence-electron chi connectivity index (χ4n) is 0.877. The first-order chi connectivity index (χ1) is 8.70. The van der Waals surface area contributed by atoms with Crippen molar-refractivity contribution in [3.63, 3.8) is 0 Å². The second-order valence-corrected chi connectivity index (χ2v) is 4.75. The van der Waals surface area contributed by atoms with Gasteiger partial charge in [-0.3, -0.25) is 9.00 Å². The third-order valence-electron chi connectivity index (χ3n) is 1.71. The molecule has 0 fully saturated rings. The molecule has 18 heavy (non-hydrogen) atoms. The molecule has 1 unspecified atom stereocenters. The Bertz CT molecular complexity index is 168. The van der Waals surface area contributed by atoms with Gasteiger partial charge in [0.2, 0.25) is 5.91 Å². The Morgan fingerprint density at radius 2 is 1.61 bits per heavy atom. The minimum absolute atomic E-state index is 0.00431. The van der Waals surface area contributed by atoms with Crippen LogP contribution in [0.15, 0.2) is 0 Å². The molecule has 0 aromatic carbocycles. The standard InChI is InChI=1S/C9H20N2O2S.2C2H6/c1-3-5-11-9(12)4-7-14(13)8-6-10-2;2*1-2/h10H,3-8H2,1-2H3,(H,11,12);2*1-2H3. The summed E-state index contributed by atoms with van der Waals surface area (Å²) in [6.45, 7) is 11.5. The van der Waals surface area contributed by atoms with Crippen LogP contribution in [0.25, 0.3) is 0 Å². The predicted octanol–water partition coefficient (Wildman–Crippen LogP) is 1.92. The zero-order chi connectivity index (χ0) is 14.8. The molecule has 1 atom stereocenters. The number of hydrogen-bond donors (Lipinski definition) is 2. The van der Waals surface area contributed by atoms with Crippen molar-refractivity contribution in [1.29, 1.82) is 0 Å². The fraction of sp³-hybridized carbons (Fsp3) is 0.923. The minimum Gasteiger partial charge on any atom is -0.356 e. The van der Waals surface area contributed by atoms with Gasteiger partial charge in [-0.05, 0) is 13.5 Å². The molecule has 5 heteroatoms. The maximum absolute atomic E-state index is 11.3. The summed E-state index contributed by atoms with van der Waals surface area (Å²) in [5.41, 5.74) is 0.